The lowest BCUT2D eigenvalue weighted by Gasteiger charge is -2.23. The molecule has 0 spiro atoms. The van der Waals surface area contributed by atoms with Crippen LogP contribution in [-0.2, 0) is 14.8 Å². The maximum absolute atomic E-state index is 12.9. The van der Waals surface area contributed by atoms with Gasteiger partial charge in [-0.25, -0.2) is 8.42 Å². The number of nitrogens with zero attached hydrogens (tertiary/aromatic N) is 1. The summed E-state index contributed by atoms with van der Waals surface area (Å²) in [5.41, 5.74) is 2.55. The van der Waals surface area contributed by atoms with Gasteiger partial charge in [-0.05, 0) is 49.2 Å². The first kappa shape index (κ1) is 25.3. The van der Waals surface area contributed by atoms with Gasteiger partial charge in [-0.2, -0.15) is 0 Å². The average molecular weight is 500 g/mol. The van der Waals surface area contributed by atoms with E-state index in [2.05, 4.69) is 10.6 Å². The number of anilines is 2. The summed E-state index contributed by atoms with van der Waals surface area (Å²) in [6.07, 6.45) is 1.01. The van der Waals surface area contributed by atoms with Gasteiger partial charge >= 0.3 is 0 Å². The van der Waals surface area contributed by atoms with E-state index in [-0.39, 0.29) is 28.9 Å². The number of hydrogen-bond donors (Lipinski definition) is 2. The van der Waals surface area contributed by atoms with Crippen LogP contribution in [0.1, 0.15) is 34.5 Å². The molecule has 7 nitrogen and oxygen atoms in total. The van der Waals surface area contributed by atoms with Crippen molar-refractivity contribution in [2.75, 3.05) is 22.4 Å². The summed E-state index contributed by atoms with van der Waals surface area (Å²) in [4.78, 5) is 25.8. The summed E-state index contributed by atoms with van der Waals surface area (Å²) in [5, 5.41) is 5.97. The molecule has 0 aliphatic rings. The molecule has 2 N–H and O–H groups in total. The van der Waals surface area contributed by atoms with Crippen LogP contribution in [0.2, 0.25) is 5.02 Å². The second-order valence-corrected chi connectivity index (χ2v) is 10.2. The Bertz CT molecular complexity index is 1300. The highest BCUT2D eigenvalue weighted by atomic mass is 35.5. The van der Waals surface area contributed by atoms with Crippen LogP contribution in [-0.4, -0.2) is 33.0 Å². The highest BCUT2D eigenvalue weighted by Crippen LogP contribution is 2.25. The van der Waals surface area contributed by atoms with Crippen molar-refractivity contribution < 1.29 is 18.0 Å². The highest BCUT2D eigenvalue weighted by molar-refractivity contribution is 7.92. The molecule has 1 atom stereocenters. The molecule has 3 aromatic rings. The maximum Gasteiger partial charge on any atom is 0.253 e. The van der Waals surface area contributed by atoms with Crippen molar-refractivity contribution >= 4 is 44.8 Å². The van der Waals surface area contributed by atoms with E-state index in [1.54, 1.807) is 43.3 Å². The topological polar surface area (TPSA) is 95.6 Å². The third-order valence-electron chi connectivity index (χ3n) is 5.22. The van der Waals surface area contributed by atoms with E-state index in [9.17, 15) is 18.0 Å². The molecule has 3 aromatic carbocycles. The van der Waals surface area contributed by atoms with Crippen molar-refractivity contribution in [2.24, 2.45) is 0 Å². The molecule has 0 radical (unpaired) electrons. The average Bonchev–Trinajstić information content (AvgIpc) is 2.79. The number of benzene rings is 3. The van der Waals surface area contributed by atoms with Gasteiger partial charge in [0, 0.05) is 5.02 Å². The number of hydrogen-bond acceptors (Lipinski definition) is 4. The SMILES string of the molecule is Cc1ccc(N(CC(=O)Nc2ccccc2C(=O)N[C@@H](C)c2ccccc2)S(C)(=O)=O)cc1Cl. The van der Waals surface area contributed by atoms with Gasteiger partial charge in [0.1, 0.15) is 6.54 Å². The number of halogens is 1. The van der Waals surface area contributed by atoms with Gasteiger partial charge in [0.05, 0.1) is 29.2 Å². The normalized spacial score (nSPS) is 12.0. The van der Waals surface area contributed by atoms with Crippen LogP contribution >= 0.6 is 11.6 Å². The van der Waals surface area contributed by atoms with Crippen molar-refractivity contribution in [1.82, 2.24) is 5.32 Å². The quantitative estimate of drug-likeness (QED) is 0.475. The van der Waals surface area contributed by atoms with Crippen LogP contribution in [0.15, 0.2) is 72.8 Å². The molecule has 0 bridgehead atoms. The molecule has 0 heterocycles. The van der Waals surface area contributed by atoms with Crippen molar-refractivity contribution in [2.45, 2.75) is 19.9 Å². The summed E-state index contributed by atoms with van der Waals surface area (Å²) >= 11 is 6.15. The molecule has 178 valence electrons. The first-order chi connectivity index (χ1) is 16.1. The zero-order valence-electron chi connectivity index (χ0n) is 19.1. The van der Waals surface area contributed by atoms with Crippen molar-refractivity contribution in [3.8, 4) is 0 Å². The number of sulfonamides is 1. The first-order valence-electron chi connectivity index (χ1n) is 10.5. The molecule has 3 rings (SSSR count). The van der Waals surface area contributed by atoms with E-state index in [0.29, 0.717) is 5.02 Å². The van der Waals surface area contributed by atoms with E-state index in [1.807, 2.05) is 37.3 Å². The summed E-state index contributed by atoms with van der Waals surface area (Å²) in [6.45, 7) is 3.18. The largest absolute Gasteiger partial charge is 0.345 e. The fourth-order valence-electron chi connectivity index (χ4n) is 3.35. The van der Waals surface area contributed by atoms with E-state index in [1.165, 1.54) is 6.07 Å². The van der Waals surface area contributed by atoms with Crippen molar-refractivity contribution in [3.63, 3.8) is 0 Å². The molecule has 0 unspecified atom stereocenters. The predicted octanol–water partition coefficient (Wildman–Crippen LogP) is 4.54. The Hall–Kier alpha value is -3.36. The monoisotopic (exact) mass is 499 g/mol. The van der Waals surface area contributed by atoms with Crippen LogP contribution < -0.4 is 14.9 Å². The fourth-order valence-corrected chi connectivity index (χ4v) is 4.37. The Labute approximate surface area is 204 Å². The van der Waals surface area contributed by atoms with E-state index < -0.39 is 22.5 Å². The zero-order chi connectivity index (χ0) is 24.9. The Balaban J connectivity index is 1.78. The maximum atomic E-state index is 12.9. The number of aryl methyl sites for hydroxylation is 1. The van der Waals surface area contributed by atoms with Gasteiger partial charge in [0.2, 0.25) is 15.9 Å². The Morgan fingerprint density at radius 1 is 1.00 bits per heavy atom. The van der Waals surface area contributed by atoms with Gasteiger partial charge in [0.25, 0.3) is 5.91 Å². The minimum Gasteiger partial charge on any atom is -0.345 e. The second kappa shape index (κ2) is 10.7. The minimum absolute atomic E-state index is 0.246. The van der Waals surface area contributed by atoms with E-state index >= 15 is 0 Å². The van der Waals surface area contributed by atoms with E-state index in [0.717, 1.165) is 21.7 Å². The third kappa shape index (κ3) is 6.36. The third-order valence-corrected chi connectivity index (χ3v) is 6.77. The zero-order valence-corrected chi connectivity index (χ0v) is 20.7. The first-order valence-corrected chi connectivity index (χ1v) is 12.8. The van der Waals surface area contributed by atoms with Gasteiger partial charge < -0.3 is 10.6 Å². The summed E-state index contributed by atoms with van der Waals surface area (Å²) in [7, 11) is -3.77. The molecule has 0 fully saturated rings. The molecule has 2 amide bonds. The number of amides is 2. The van der Waals surface area contributed by atoms with Crippen molar-refractivity contribution in [1.29, 1.82) is 0 Å². The number of rotatable bonds is 8. The molecule has 0 aromatic heterocycles. The van der Waals surface area contributed by atoms with Gasteiger partial charge in [0.15, 0.2) is 0 Å². The van der Waals surface area contributed by atoms with Crippen LogP contribution in [0.4, 0.5) is 11.4 Å². The molecule has 9 heteroatoms. The van der Waals surface area contributed by atoms with Crippen LogP contribution in [0, 0.1) is 6.92 Å². The fraction of sp³-hybridized carbons (Fsp3) is 0.200. The number of nitrogens with one attached hydrogen (secondary N) is 2. The number of carbonyl (C=O) groups excluding carboxylic acids is 2. The molecule has 0 saturated heterocycles. The molecule has 0 aliphatic heterocycles. The molecule has 0 saturated carbocycles. The Morgan fingerprint density at radius 3 is 2.29 bits per heavy atom. The van der Waals surface area contributed by atoms with Gasteiger partial charge in [-0.15, -0.1) is 0 Å². The van der Waals surface area contributed by atoms with Gasteiger partial charge in [-0.1, -0.05) is 60.1 Å². The van der Waals surface area contributed by atoms with Crippen molar-refractivity contribution in [3.05, 3.63) is 94.5 Å². The highest BCUT2D eigenvalue weighted by Gasteiger charge is 2.23. The molecule has 34 heavy (non-hydrogen) atoms. The molecular formula is C25H26ClN3O4S. The summed E-state index contributed by atoms with van der Waals surface area (Å²) < 4.78 is 25.7. The lowest BCUT2D eigenvalue weighted by Crippen LogP contribution is -2.37. The van der Waals surface area contributed by atoms with Gasteiger partial charge in [-0.3, -0.25) is 13.9 Å². The summed E-state index contributed by atoms with van der Waals surface area (Å²) in [5.74, 6) is -0.962. The van der Waals surface area contributed by atoms with Crippen LogP contribution in [0.5, 0.6) is 0 Å². The van der Waals surface area contributed by atoms with Crippen LogP contribution in [0.25, 0.3) is 0 Å². The smallest absolute Gasteiger partial charge is 0.253 e. The Morgan fingerprint density at radius 2 is 1.65 bits per heavy atom. The predicted molar refractivity (Wildman–Crippen MR) is 136 cm³/mol. The second-order valence-electron chi connectivity index (χ2n) is 7.90. The van der Waals surface area contributed by atoms with E-state index in [4.69, 9.17) is 11.6 Å². The standard InChI is InChI=1S/C25H26ClN3O4S/c1-17-13-14-20(15-22(17)26)29(34(3,32)33)16-24(30)28-23-12-8-7-11-21(23)25(31)27-18(2)19-9-5-4-6-10-19/h4-15,18H,16H2,1-3H3,(H,27,31)(H,28,30)/t18-/m0/s1. The number of carbonyl (C=O) groups is 2. The lowest BCUT2D eigenvalue weighted by molar-refractivity contribution is -0.114. The minimum atomic E-state index is -3.77. The number of para-hydroxylation sites is 1. The van der Waals surface area contributed by atoms with Crippen LogP contribution in [0.3, 0.4) is 0 Å². The lowest BCUT2D eigenvalue weighted by atomic mass is 10.1. The molecular weight excluding hydrogens is 474 g/mol. The Kier molecular flexibility index (Phi) is 7.96. The molecule has 0 aliphatic carbocycles. The summed E-state index contributed by atoms with van der Waals surface area (Å²) in [6, 6.07) is 20.6.